The molecule has 14 heavy (non-hydrogen) atoms. The monoisotopic (exact) mass is 190 g/mol. The Kier molecular flexibility index (Phi) is 4.17. The number of pyridine rings is 1. The SMILES string of the molecule is CC.CCc1ccc2c(n1)C=CNC2. The normalized spacial score (nSPS) is 12.2. The lowest BCUT2D eigenvalue weighted by Gasteiger charge is -2.11. The van der Waals surface area contributed by atoms with Crippen molar-refractivity contribution >= 4 is 6.08 Å². The lowest BCUT2D eigenvalue weighted by molar-refractivity contribution is 0.840. The van der Waals surface area contributed by atoms with E-state index in [1.54, 1.807) is 0 Å². The summed E-state index contributed by atoms with van der Waals surface area (Å²) in [5.74, 6) is 0. The van der Waals surface area contributed by atoms with Crippen LogP contribution in [-0.4, -0.2) is 4.98 Å². The molecule has 1 aromatic heterocycles. The van der Waals surface area contributed by atoms with E-state index in [0.29, 0.717) is 0 Å². The van der Waals surface area contributed by atoms with Gasteiger partial charge in [0.05, 0.1) is 5.69 Å². The number of aromatic nitrogens is 1. The molecule has 2 nitrogen and oxygen atoms in total. The van der Waals surface area contributed by atoms with E-state index in [4.69, 9.17) is 0 Å². The highest BCUT2D eigenvalue weighted by atomic mass is 14.9. The van der Waals surface area contributed by atoms with Gasteiger partial charge < -0.3 is 5.32 Å². The minimum atomic E-state index is 0.906. The topological polar surface area (TPSA) is 24.9 Å². The predicted octanol–water partition coefficient (Wildman–Crippen LogP) is 2.74. The van der Waals surface area contributed by atoms with Gasteiger partial charge in [-0.15, -0.1) is 0 Å². The van der Waals surface area contributed by atoms with Gasteiger partial charge in [-0.2, -0.15) is 0 Å². The van der Waals surface area contributed by atoms with Gasteiger partial charge in [0, 0.05) is 12.2 Å². The van der Waals surface area contributed by atoms with Crippen molar-refractivity contribution < 1.29 is 0 Å². The first kappa shape index (κ1) is 10.8. The fourth-order valence-corrected chi connectivity index (χ4v) is 1.34. The van der Waals surface area contributed by atoms with Gasteiger partial charge >= 0.3 is 0 Å². The van der Waals surface area contributed by atoms with Crippen molar-refractivity contribution in [1.82, 2.24) is 10.3 Å². The molecule has 0 aromatic carbocycles. The Labute approximate surface area is 86.1 Å². The van der Waals surface area contributed by atoms with Crippen LogP contribution in [0, 0.1) is 0 Å². The lowest BCUT2D eigenvalue weighted by atomic mass is 10.1. The van der Waals surface area contributed by atoms with Crippen LogP contribution >= 0.6 is 0 Å². The second kappa shape index (κ2) is 5.43. The molecule has 0 spiro atoms. The van der Waals surface area contributed by atoms with Crippen molar-refractivity contribution in [2.45, 2.75) is 33.7 Å². The van der Waals surface area contributed by atoms with Gasteiger partial charge in [0.1, 0.15) is 0 Å². The quantitative estimate of drug-likeness (QED) is 0.736. The van der Waals surface area contributed by atoms with Gasteiger partial charge in [-0.1, -0.05) is 26.8 Å². The zero-order valence-electron chi connectivity index (χ0n) is 9.17. The molecule has 2 rings (SSSR count). The Morgan fingerprint density at radius 3 is 2.86 bits per heavy atom. The summed E-state index contributed by atoms with van der Waals surface area (Å²) in [7, 11) is 0. The molecule has 1 aliphatic rings. The van der Waals surface area contributed by atoms with Crippen molar-refractivity contribution in [3.8, 4) is 0 Å². The molecule has 0 saturated heterocycles. The van der Waals surface area contributed by atoms with Crippen LogP contribution in [0.2, 0.25) is 0 Å². The first-order valence-electron chi connectivity index (χ1n) is 5.29. The van der Waals surface area contributed by atoms with Gasteiger partial charge in [0.2, 0.25) is 0 Å². The summed E-state index contributed by atoms with van der Waals surface area (Å²) in [5.41, 5.74) is 3.57. The lowest BCUT2D eigenvalue weighted by Crippen LogP contribution is -2.11. The van der Waals surface area contributed by atoms with E-state index in [1.807, 2.05) is 26.1 Å². The van der Waals surface area contributed by atoms with Crippen LogP contribution in [0.15, 0.2) is 18.3 Å². The maximum atomic E-state index is 4.50. The van der Waals surface area contributed by atoms with Crippen molar-refractivity contribution in [3.63, 3.8) is 0 Å². The van der Waals surface area contributed by atoms with Crippen LogP contribution in [0.3, 0.4) is 0 Å². The van der Waals surface area contributed by atoms with Gasteiger partial charge in [0.25, 0.3) is 0 Å². The van der Waals surface area contributed by atoms with E-state index in [0.717, 1.165) is 18.7 Å². The molecular formula is C12H18N2. The molecule has 0 unspecified atom stereocenters. The average molecular weight is 190 g/mol. The maximum absolute atomic E-state index is 4.50. The number of nitrogens with zero attached hydrogens (tertiary/aromatic N) is 1. The van der Waals surface area contributed by atoms with E-state index >= 15 is 0 Å². The summed E-state index contributed by atoms with van der Waals surface area (Å²) >= 11 is 0. The minimum absolute atomic E-state index is 0.906. The molecule has 2 heterocycles. The van der Waals surface area contributed by atoms with Crippen LogP contribution in [0.1, 0.15) is 37.7 Å². The van der Waals surface area contributed by atoms with E-state index in [9.17, 15) is 0 Å². The molecule has 0 amide bonds. The molecule has 0 atom stereocenters. The molecule has 2 heteroatoms. The highest BCUT2D eigenvalue weighted by molar-refractivity contribution is 5.51. The van der Waals surface area contributed by atoms with E-state index in [1.165, 1.54) is 11.3 Å². The number of hydrogen-bond donors (Lipinski definition) is 1. The Morgan fingerprint density at radius 1 is 1.36 bits per heavy atom. The minimum Gasteiger partial charge on any atom is -0.387 e. The van der Waals surface area contributed by atoms with Crippen LogP contribution in [0.5, 0.6) is 0 Å². The molecule has 1 N–H and O–H groups in total. The van der Waals surface area contributed by atoms with Crippen LogP contribution in [-0.2, 0) is 13.0 Å². The Bertz CT molecular complexity index is 316. The zero-order valence-corrected chi connectivity index (χ0v) is 9.17. The second-order valence-electron chi connectivity index (χ2n) is 2.91. The summed E-state index contributed by atoms with van der Waals surface area (Å²) < 4.78 is 0. The predicted molar refractivity (Wildman–Crippen MR) is 60.8 cm³/mol. The van der Waals surface area contributed by atoms with Gasteiger partial charge in [-0.25, -0.2) is 0 Å². The fraction of sp³-hybridized carbons (Fsp3) is 0.417. The van der Waals surface area contributed by atoms with Gasteiger partial charge in [-0.05, 0) is 30.3 Å². The molecule has 76 valence electrons. The van der Waals surface area contributed by atoms with Gasteiger partial charge in [0.15, 0.2) is 0 Å². The van der Waals surface area contributed by atoms with E-state index in [-0.39, 0.29) is 0 Å². The summed E-state index contributed by atoms with van der Waals surface area (Å²) in [6.07, 6.45) is 4.99. The molecule has 1 aliphatic heterocycles. The summed E-state index contributed by atoms with van der Waals surface area (Å²) in [5, 5.41) is 3.16. The first-order chi connectivity index (χ1) is 6.90. The molecule has 0 aliphatic carbocycles. The number of rotatable bonds is 1. The van der Waals surface area contributed by atoms with Crippen molar-refractivity contribution in [3.05, 3.63) is 35.3 Å². The van der Waals surface area contributed by atoms with E-state index in [2.05, 4.69) is 29.4 Å². The summed E-state index contributed by atoms with van der Waals surface area (Å²) in [6, 6.07) is 4.25. The molecule has 0 fully saturated rings. The standard InChI is InChI=1S/C10H12N2.C2H6/c1-2-9-4-3-8-7-11-6-5-10(8)12-9;1-2/h3-6,11H,2,7H2,1H3;1-2H3. The van der Waals surface area contributed by atoms with Crippen molar-refractivity contribution in [2.75, 3.05) is 0 Å². The average Bonchev–Trinajstić information content (AvgIpc) is 2.31. The maximum Gasteiger partial charge on any atom is 0.0697 e. The Balaban J connectivity index is 0.000000461. The van der Waals surface area contributed by atoms with Crippen molar-refractivity contribution in [1.29, 1.82) is 0 Å². The van der Waals surface area contributed by atoms with Crippen LogP contribution in [0.25, 0.3) is 6.08 Å². The second-order valence-corrected chi connectivity index (χ2v) is 2.91. The summed E-state index contributed by atoms with van der Waals surface area (Å²) in [4.78, 5) is 4.50. The number of hydrogen-bond acceptors (Lipinski definition) is 2. The highest BCUT2D eigenvalue weighted by Crippen LogP contribution is 2.12. The third-order valence-electron chi connectivity index (χ3n) is 2.08. The third-order valence-corrected chi connectivity index (χ3v) is 2.08. The molecule has 1 aromatic rings. The Hall–Kier alpha value is -1.31. The number of aryl methyl sites for hydroxylation is 1. The fourth-order valence-electron chi connectivity index (χ4n) is 1.34. The first-order valence-corrected chi connectivity index (χ1v) is 5.29. The molecule has 0 saturated carbocycles. The zero-order chi connectivity index (χ0) is 10.4. The summed E-state index contributed by atoms with van der Waals surface area (Å²) in [6.45, 7) is 7.03. The Morgan fingerprint density at radius 2 is 2.14 bits per heavy atom. The van der Waals surface area contributed by atoms with Gasteiger partial charge in [-0.3, -0.25) is 4.98 Å². The van der Waals surface area contributed by atoms with Crippen LogP contribution in [0.4, 0.5) is 0 Å². The number of nitrogens with one attached hydrogen (secondary N) is 1. The van der Waals surface area contributed by atoms with E-state index < -0.39 is 0 Å². The molecule has 0 bridgehead atoms. The largest absolute Gasteiger partial charge is 0.387 e. The highest BCUT2D eigenvalue weighted by Gasteiger charge is 2.04. The van der Waals surface area contributed by atoms with Crippen molar-refractivity contribution in [2.24, 2.45) is 0 Å². The number of fused-ring (bicyclic) bond motifs is 1. The molecular weight excluding hydrogens is 172 g/mol. The van der Waals surface area contributed by atoms with Crippen LogP contribution < -0.4 is 5.32 Å². The smallest absolute Gasteiger partial charge is 0.0697 e. The molecule has 0 radical (unpaired) electrons. The third kappa shape index (κ3) is 2.34.